The molecule has 0 radical (unpaired) electrons. The summed E-state index contributed by atoms with van der Waals surface area (Å²) in [4.78, 5) is 10.6. The van der Waals surface area contributed by atoms with Crippen LogP contribution in [0.4, 0.5) is 5.69 Å². The maximum absolute atomic E-state index is 10.6. The Morgan fingerprint density at radius 1 is 1.47 bits per heavy atom. The Kier molecular flexibility index (Phi) is 2.95. The number of aliphatic carboxylic acids is 1. The molecule has 0 atom stereocenters. The molecule has 1 fully saturated rings. The summed E-state index contributed by atoms with van der Waals surface area (Å²) < 4.78 is 1.03. The quantitative estimate of drug-likeness (QED) is 0.887. The molecule has 0 unspecified atom stereocenters. The zero-order valence-corrected chi connectivity index (χ0v) is 9.70. The first-order chi connectivity index (χ1) is 7.15. The van der Waals surface area contributed by atoms with E-state index in [1.54, 1.807) is 0 Å². The molecular weight excluding hydrogens is 258 g/mol. The second kappa shape index (κ2) is 4.23. The lowest BCUT2D eigenvalue weighted by Crippen LogP contribution is -2.39. The van der Waals surface area contributed by atoms with Gasteiger partial charge < -0.3 is 10.4 Å². The van der Waals surface area contributed by atoms with E-state index in [0.717, 1.165) is 23.0 Å². The van der Waals surface area contributed by atoms with Crippen LogP contribution in [0.2, 0.25) is 0 Å². The molecule has 0 saturated heterocycles. The normalized spacial score (nSPS) is 24.3. The predicted molar refractivity (Wildman–Crippen MR) is 61.9 cm³/mol. The van der Waals surface area contributed by atoms with Crippen molar-refractivity contribution in [2.45, 2.75) is 18.9 Å². The fourth-order valence-corrected chi connectivity index (χ4v) is 2.15. The third-order valence-corrected chi connectivity index (χ3v) is 3.18. The number of halogens is 1. The van der Waals surface area contributed by atoms with E-state index in [0.29, 0.717) is 6.04 Å². The summed E-state index contributed by atoms with van der Waals surface area (Å²) in [5, 5.41) is 12.0. The first-order valence-corrected chi connectivity index (χ1v) is 5.69. The lowest BCUT2D eigenvalue weighted by atomic mass is 9.80. The Balaban J connectivity index is 1.87. The van der Waals surface area contributed by atoms with E-state index >= 15 is 0 Å². The molecule has 1 aliphatic rings. The monoisotopic (exact) mass is 269 g/mol. The van der Waals surface area contributed by atoms with Gasteiger partial charge >= 0.3 is 5.97 Å². The van der Waals surface area contributed by atoms with Crippen LogP contribution >= 0.6 is 15.9 Å². The molecule has 2 N–H and O–H groups in total. The molecule has 1 aliphatic carbocycles. The molecule has 2 rings (SSSR count). The number of nitrogens with one attached hydrogen (secondary N) is 1. The van der Waals surface area contributed by atoms with Gasteiger partial charge in [0, 0.05) is 16.2 Å². The minimum Gasteiger partial charge on any atom is -0.481 e. The third kappa shape index (κ3) is 2.50. The Labute approximate surface area is 96.6 Å². The van der Waals surface area contributed by atoms with Crippen molar-refractivity contribution in [2.24, 2.45) is 5.92 Å². The molecule has 0 amide bonds. The summed E-state index contributed by atoms with van der Waals surface area (Å²) in [7, 11) is 0. The van der Waals surface area contributed by atoms with Gasteiger partial charge in [0.1, 0.15) is 0 Å². The molecule has 0 heterocycles. The Morgan fingerprint density at radius 3 is 2.80 bits per heavy atom. The topological polar surface area (TPSA) is 49.3 Å². The molecule has 3 nitrogen and oxygen atoms in total. The number of carboxylic acid groups (broad SMARTS) is 1. The van der Waals surface area contributed by atoms with Crippen LogP contribution < -0.4 is 5.32 Å². The molecule has 1 aromatic rings. The number of hydrogen-bond donors (Lipinski definition) is 2. The van der Waals surface area contributed by atoms with Crippen molar-refractivity contribution in [3.8, 4) is 0 Å². The number of carboxylic acids is 1. The van der Waals surface area contributed by atoms with Gasteiger partial charge in [0.25, 0.3) is 0 Å². The average molecular weight is 270 g/mol. The van der Waals surface area contributed by atoms with Gasteiger partial charge in [0.05, 0.1) is 5.92 Å². The zero-order chi connectivity index (χ0) is 10.8. The maximum atomic E-state index is 10.6. The molecule has 0 bridgehead atoms. The van der Waals surface area contributed by atoms with Crippen molar-refractivity contribution >= 4 is 27.6 Å². The van der Waals surface area contributed by atoms with E-state index in [9.17, 15) is 4.79 Å². The number of carbonyl (C=O) groups is 1. The summed E-state index contributed by atoms with van der Waals surface area (Å²) in [6.07, 6.45) is 1.45. The van der Waals surface area contributed by atoms with Crippen LogP contribution in [0.5, 0.6) is 0 Å². The second-order valence-electron chi connectivity index (χ2n) is 3.86. The van der Waals surface area contributed by atoms with Crippen LogP contribution in [0.25, 0.3) is 0 Å². The van der Waals surface area contributed by atoms with Crippen LogP contribution in [0.3, 0.4) is 0 Å². The van der Waals surface area contributed by atoms with Gasteiger partial charge in [0.15, 0.2) is 0 Å². The summed E-state index contributed by atoms with van der Waals surface area (Å²) in [6, 6.07) is 8.21. The number of hydrogen-bond acceptors (Lipinski definition) is 2. The largest absolute Gasteiger partial charge is 0.481 e. The fourth-order valence-electron chi connectivity index (χ4n) is 1.75. The van der Waals surface area contributed by atoms with Gasteiger partial charge in [-0.3, -0.25) is 4.79 Å². The maximum Gasteiger partial charge on any atom is 0.306 e. The highest BCUT2D eigenvalue weighted by atomic mass is 79.9. The highest BCUT2D eigenvalue weighted by Crippen LogP contribution is 2.30. The highest BCUT2D eigenvalue weighted by molar-refractivity contribution is 9.10. The lowest BCUT2D eigenvalue weighted by molar-refractivity contribution is -0.144. The van der Waals surface area contributed by atoms with Gasteiger partial charge in [0.2, 0.25) is 0 Å². The van der Waals surface area contributed by atoms with Gasteiger partial charge in [-0.15, -0.1) is 0 Å². The van der Waals surface area contributed by atoms with Crippen molar-refractivity contribution in [3.63, 3.8) is 0 Å². The van der Waals surface area contributed by atoms with Gasteiger partial charge in [-0.1, -0.05) is 22.0 Å². The summed E-state index contributed by atoms with van der Waals surface area (Å²) >= 11 is 3.39. The van der Waals surface area contributed by atoms with Crippen LogP contribution in [0, 0.1) is 5.92 Å². The second-order valence-corrected chi connectivity index (χ2v) is 4.77. The SMILES string of the molecule is O=C(O)C1CC(Nc2cccc(Br)c2)C1. The fraction of sp³-hybridized carbons (Fsp3) is 0.364. The van der Waals surface area contributed by atoms with Crippen molar-refractivity contribution < 1.29 is 9.90 Å². The third-order valence-electron chi connectivity index (χ3n) is 2.68. The number of rotatable bonds is 3. The smallest absolute Gasteiger partial charge is 0.306 e. The van der Waals surface area contributed by atoms with E-state index in [4.69, 9.17) is 5.11 Å². The zero-order valence-electron chi connectivity index (χ0n) is 8.11. The van der Waals surface area contributed by atoms with E-state index in [1.165, 1.54) is 0 Å². The van der Waals surface area contributed by atoms with E-state index in [2.05, 4.69) is 21.2 Å². The molecule has 0 aliphatic heterocycles. The van der Waals surface area contributed by atoms with Crippen LogP contribution in [-0.2, 0) is 4.79 Å². The van der Waals surface area contributed by atoms with E-state index in [-0.39, 0.29) is 5.92 Å². The van der Waals surface area contributed by atoms with Gasteiger partial charge in [-0.2, -0.15) is 0 Å². The molecule has 4 heteroatoms. The van der Waals surface area contributed by atoms with Crippen LogP contribution in [0.15, 0.2) is 28.7 Å². The van der Waals surface area contributed by atoms with Crippen LogP contribution in [0.1, 0.15) is 12.8 Å². The molecule has 0 aromatic heterocycles. The first-order valence-electron chi connectivity index (χ1n) is 4.90. The lowest BCUT2D eigenvalue weighted by Gasteiger charge is -2.33. The Morgan fingerprint density at radius 2 is 2.20 bits per heavy atom. The molecule has 80 valence electrons. The van der Waals surface area contributed by atoms with E-state index in [1.807, 2.05) is 24.3 Å². The predicted octanol–water partition coefficient (Wildman–Crippen LogP) is 2.72. The Hall–Kier alpha value is -1.03. The molecule has 0 spiro atoms. The average Bonchev–Trinajstić information content (AvgIpc) is 2.10. The summed E-state index contributed by atoms with van der Waals surface area (Å²) in [6.45, 7) is 0. The molecule has 1 saturated carbocycles. The highest BCUT2D eigenvalue weighted by Gasteiger charge is 2.34. The molecule has 15 heavy (non-hydrogen) atoms. The van der Waals surface area contributed by atoms with Crippen molar-refractivity contribution in [1.29, 1.82) is 0 Å². The molecule has 1 aromatic carbocycles. The summed E-state index contributed by atoms with van der Waals surface area (Å²) in [5.74, 6) is -0.836. The van der Waals surface area contributed by atoms with Crippen molar-refractivity contribution in [2.75, 3.05) is 5.32 Å². The van der Waals surface area contributed by atoms with Crippen LogP contribution in [-0.4, -0.2) is 17.1 Å². The summed E-state index contributed by atoms with van der Waals surface area (Å²) in [5.41, 5.74) is 1.04. The van der Waals surface area contributed by atoms with Crippen molar-refractivity contribution in [1.82, 2.24) is 0 Å². The minimum atomic E-state index is -0.678. The minimum absolute atomic E-state index is 0.158. The van der Waals surface area contributed by atoms with Gasteiger partial charge in [-0.05, 0) is 31.0 Å². The van der Waals surface area contributed by atoms with Crippen molar-refractivity contribution in [3.05, 3.63) is 28.7 Å². The standard InChI is InChI=1S/C11H12BrNO2/c12-8-2-1-3-9(6-8)13-10-4-7(5-10)11(14)15/h1-3,6-7,10,13H,4-5H2,(H,14,15). The molecular formula is C11H12BrNO2. The number of benzene rings is 1. The Bertz CT molecular complexity index is 375. The van der Waals surface area contributed by atoms with E-state index < -0.39 is 5.97 Å². The number of anilines is 1. The first kappa shape index (κ1) is 10.5. The van der Waals surface area contributed by atoms with Gasteiger partial charge in [-0.25, -0.2) is 0 Å².